The lowest BCUT2D eigenvalue weighted by atomic mass is 9.99. The minimum absolute atomic E-state index is 0.579. The normalized spacial score (nSPS) is 12.1. The number of hydrogen-bond acceptors (Lipinski definition) is 3. The molecule has 0 aliphatic rings. The number of benzene rings is 9. The first kappa shape index (κ1) is 32.0. The van der Waals surface area contributed by atoms with Gasteiger partial charge in [0.05, 0.1) is 33.1 Å². The van der Waals surface area contributed by atoms with Crippen molar-refractivity contribution in [3.63, 3.8) is 0 Å². The van der Waals surface area contributed by atoms with E-state index in [9.17, 15) is 0 Å². The molecule has 9 aromatic carbocycles. The molecule has 0 saturated carbocycles. The third kappa shape index (κ3) is 4.59. The van der Waals surface area contributed by atoms with Crippen molar-refractivity contribution < 1.29 is 0 Å². The summed E-state index contributed by atoms with van der Waals surface area (Å²) in [5, 5.41) is 9.77. The minimum atomic E-state index is 0.579. The van der Waals surface area contributed by atoms with Gasteiger partial charge in [-0.15, -0.1) is 0 Å². The fraction of sp³-hybridized carbons (Fsp3) is 0. The van der Waals surface area contributed by atoms with Crippen molar-refractivity contribution in [1.29, 1.82) is 0 Å². The monoisotopic (exact) mass is 752 g/mol. The largest absolute Gasteiger partial charge is 0.309 e. The second kappa shape index (κ2) is 12.2. The summed E-state index contributed by atoms with van der Waals surface area (Å²) < 4.78 is 7.12. The molecule has 0 aliphatic heterocycles. The standard InChI is InChI=1S/C53H32N6/c1-4-15-34(16-5-1)51-54-52(35-17-6-2-7-18-35)56-53(55-51)59-42-24-12-10-22-39(42)41-32-38(29-30-44(41)59)58-45-26-14-19-33-27-28-36-31-46-49(50(58)48(36)47(33)45)40-23-11-13-25-43(40)57(46)37-20-8-3-9-21-37/h1-32H. The molecule has 6 nitrogen and oxygen atoms in total. The molecule has 4 aromatic heterocycles. The highest BCUT2D eigenvalue weighted by atomic mass is 15.2. The third-order valence-corrected chi connectivity index (χ3v) is 12.0. The molecule has 0 unspecified atom stereocenters. The van der Waals surface area contributed by atoms with E-state index in [-0.39, 0.29) is 0 Å². The van der Waals surface area contributed by atoms with Crippen LogP contribution in [0.1, 0.15) is 0 Å². The first-order valence-electron chi connectivity index (χ1n) is 20.0. The van der Waals surface area contributed by atoms with Crippen molar-refractivity contribution in [2.45, 2.75) is 0 Å². The predicted octanol–water partition coefficient (Wildman–Crippen LogP) is 13.1. The Balaban J connectivity index is 1.13. The maximum absolute atomic E-state index is 5.17. The maximum atomic E-state index is 5.17. The molecule has 0 amide bonds. The third-order valence-electron chi connectivity index (χ3n) is 12.0. The van der Waals surface area contributed by atoms with Crippen LogP contribution in [0.25, 0.3) is 116 Å². The Kier molecular flexibility index (Phi) is 6.63. The molecular weight excluding hydrogens is 721 g/mol. The van der Waals surface area contributed by atoms with E-state index < -0.39 is 0 Å². The van der Waals surface area contributed by atoms with Crippen LogP contribution in [0.4, 0.5) is 0 Å². The Labute approximate surface area is 337 Å². The van der Waals surface area contributed by atoms with E-state index in [1.165, 1.54) is 54.4 Å². The van der Waals surface area contributed by atoms with Gasteiger partial charge in [0.2, 0.25) is 5.95 Å². The van der Waals surface area contributed by atoms with E-state index >= 15 is 0 Å². The number of nitrogens with zero attached hydrogens (tertiary/aromatic N) is 6. The fourth-order valence-electron chi connectivity index (χ4n) is 9.54. The molecule has 59 heavy (non-hydrogen) atoms. The van der Waals surface area contributed by atoms with Gasteiger partial charge < -0.3 is 9.13 Å². The van der Waals surface area contributed by atoms with Crippen LogP contribution < -0.4 is 0 Å². The van der Waals surface area contributed by atoms with E-state index in [0.717, 1.165) is 44.3 Å². The van der Waals surface area contributed by atoms with Crippen LogP contribution in [-0.2, 0) is 0 Å². The molecule has 0 bridgehead atoms. The van der Waals surface area contributed by atoms with Crippen LogP contribution >= 0.6 is 0 Å². The van der Waals surface area contributed by atoms with E-state index in [2.05, 4.69) is 171 Å². The van der Waals surface area contributed by atoms with Crippen molar-refractivity contribution in [3.05, 3.63) is 194 Å². The van der Waals surface area contributed by atoms with Gasteiger partial charge in [-0.2, -0.15) is 9.97 Å². The van der Waals surface area contributed by atoms with Gasteiger partial charge in [-0.1, -0.05) is 140 Å². The Morgan fingerprint density at radius 2 is 0.898 bits per heavy atom. The molecule has 274 valence electrons. The molecule has 0 spiro atoms. The Hall–Kier alpha value is -8.09. The summed E-state index contributed by atoms with van der Waals surface area (Å²) in [7, 11) is 0. The van der Waals surface area contributed by atoms with Gasteiger partial charge in [0.25, 0.3) is 0 Å². The van der Waals surface area contributed by atoms with Crippen LogP contribution in [-0.4, -0.2) is 28.7 Å². The van der Waals surface area contributed by atoms with E-state index in [1.54, 1.807) is 0 Å². The van der Waals surface area contributed by atoms with Crippen LogP contribution in [0.15, 0.2) is 194 Å². The van der Waals surface area contributed by atoms with Gasteiger partial charge >= 0.3 is 0 Å². The fourth-order valence-corrected chi connectivity index (χ4v) is 9.54. The van der Waals surface area contributed by atoms with Crippen LogP contribution in [0.2, 0.25) is 0 Å². The number of rotatable bonds is 5. The molecular formula is C53H32N6. The predicted molar refractivity (Wildman–Crippen MR) is 242 cm³/mol. The summed E-state index contributed by atoms with van der Waals surface area (Å²) in [5.41, 5.74) is 11.0. The van der Waals surface area contributed by atoms with Crippen molar-refractivity contribution in [2.75, 3.05) is 0 Å². The highest BCUT2D eigenvalue weighted by Crippen LogP contribution is 2.46. The molecule has 0 aliphatic carbocycles. The highest BCUT2D eigenvalue weighted by molar-refractivity contribution is 6.34. The van der Waals surface area contributed by atoms with Gasteiger partial charge in [-0.3, -0.25) is 4.57 Å². The molecule has 4 heterocycles. The number of fused-ring (bicyclic) bond motifs is 7. The smallest absolute Gasteiger partial charge is 0.238 e. The first-order chi connectivity index (χ1) is 29.3. The molecule has 0 radical (unpaired) electrons. The SMILES string of the molecule is c1ccc(-c2nc(-c3ccccc3)nc(-n3c4ccccc4c4cc(-n5c6cccc7ccc8cc9c(c%10ccccc%10n9-c9ccccc9)c5c8c76)ccc43)n2)cc1. The van der Waals surface area contributed by atoms with Crippen LogP contribution in [0.5, 0.6) is 0 Å². The Morgan fingerprint density at radius 3 is 1.63 bits per heavy atom. The highest BCUT2D eigenvalue weighted by Gasteiger charge is 2.25. The quantitative estimate of drug-likeness (QED) is 0.165. The molecule has 0 atom stereocenters. The molecule has 13 aromatic rings. The van der Waals surface area contributed by atoms with Crippen molar-refractivity contribution in [2.24, 2.45) is 0 Å². The second-order valence-electron chi connectivity index (χ2n) is 15.3. The molecule has 13 rings (SSSR count). The molecule has 0 fully saturated rings. The van der Waals surface area contributed by atoms with Gasteiger partial charge in [0.15, 0.2) is 11.6 Å². The zero-order valence-electron chi connectivity index (χ0n) is 31.7. The topological polar surface area (TPSA) is 53.5 Å². The van der Waals surface area contributed by atoms with Crippen LogP contribution in [0, 0.1) is 0 Å². The summed E-state index contributed by atoms with van der Waals surface area (Å²) in [6.07, 6.45) is 0. The lowest BCUT2D eigenvalue weighted by Crippen LogP contribution is -2.06. The number of aromatic nitrogens is 6. The Morgan fingerprint density at radius 1 is 0.305 bits per heavy atom. The number of para-hydroxylation sites is 3. The van der Waals surface area contributed by atoms with Crippen molar-refractivity contribution in [1.82, 2.24) is 28.7 Å². The van der Waals surface area contributed by atoms with E-state index in [1.807, 2.05) is 36.4 Å². The summed E-state index contributed by atoms with van der Waals surface area (Å²) in [6, 6.07) is 69.0. The summed E-state index contributed by atoms with van der Waals surface area (Å²) in [5.74, 6) is 1.84. The lowest BCUT2D eigenvalue weighted by molar-refractivity contribution is 0.953. The lowest BCUT2D eigenvalue weighted by Gasteiger charge is -2.12. The first-order valence-corrected chi connectivity index (χ1v) is 20.0. The average molecular weight is 753 g/mol. The summed E-state index contributed by atoms with van der Waals surface area (Å²) in [6.45, 7) is 0. The Bertz CT molecular complexity index is 3710. The molecule has 0 saturated heterocycles. The zero-order valence-corrected chi connectivity index (χ0v) is 31.7. The van der Waals surface area contributed by atoms with Crippen molar-refractivity contribution in [3.8, 4) is 40.1 Å². The van der Waals surface area contributed by atoms with Gasteiger partial charge in [0.1, 0.15) is 0 Å². The zero-order chi connectivity index (χ0) is 38.6. The van der Waals surface area contributed by atoms with E-state index in [4.69, 9.17) is 15.0 Å². The van der Waals surface area contributed by atoms with E-state index in [0.29, 0.717) is 17.6 Å². The molecule has 6 heteroatoms. The second-order valence-corrected chi connectivity index (χ2v) is 15.3. The van der Waals surface area contributed by atoms with Gasteiger partial charge in [-0.05, 0) is 65.4 Å². The van der Waals surface area contributed by atoms with Gasteiger partial charge in [0, 0.05) is 54.8 Å². The van der Waals surface area contributed by atoms with Crippen LogP contribution in [0.3, 0.4) is 0 Å². The summed E-state index contributed by atoms with van der Waals surface area (Å²) >= 11 is 0. The van der Waals surface area contributed by atoms with Gasteiger partial charge in [-0.25, -0.2) is 4.98 Å². The average Bonchev–Trinajstić information content (AvgIpc) is 3.95. The number of hydrogen-bond donors (Lipinski definition) is 0. The van der Waals surface area contributed by atoms with Crippen molar-refractivity contribution >= 4 is 76.2 Å². The maximum Gasteiger partial charge on any atom is 0.238 e. The molecule has 0 N–H and O–H groups in total. The summed E-state index contributed by atoms with van der Waals surface area (Å²) in [4.78, 5) is 15.3. The minimum Gasteiger partial charge on any atom is -0.309 e.